The average molecular weight is 486 g/mol. The molecule has 194 valence electrons. The maximum atomic E-state index is 11.3. The van der Waals surface area contributed by atoms with Crippen LogP contribution in [0.15, 0.2) is 30.3 Å². The molecule has 34 heavy (non-hydrogen) atoms. The standard InChI is InChI=1S/C24H39NO9/c26-23(7-8-24(27)28)25-9-4-10-29-11-12-30-13-14-31-15-16-32-17-18-33-19-20-34-21-22-5-2-1-3-6-22/h1-3,5-6H,4,7-21H2,(H,25,26)(H,27,28). The molecular formula is C24H39NO9. The molecular weight excluding hydrogens is 446 g/mol. The second-order valence-corrected chi connectivity index (χ2v) is 7.20. The number of hydrogen-bond donors (Lipinski definition) is 2. The highest BCUT2D eigenvalue weighted by Crippen LogP contribution is 2.00. The van der Waals surface area contributed by atoms with Gasteiger partial charge >= 0.3 is 5.97 Å². The van der Waals surface area contributed by atoms with E-state index in [1.54, 1.807) is 0 Å². The molecule has 0 saturated carbocycles. The van der Waals surface area contributed by atoms with Crippen LogP contribution in [0.4, 0.5) is 0 Å². The van der Waals surface area contributed by atoms with E-state index in [-0.39, 0.29) is 18.7 Å². The molecule has 0 aliphatic heterocycles. The first-order chi connectivity index (χ1) is 16.7. The minimum Gasteiger partial charge on any atom is -0.481 e. The quantitative estimate of drug-likeness (QED) is 0.211. The minimum absolute atomic E-state index is 0.00160. The number of hydrogen-bond acceptors (Lipinski definition) is 8. The second-order valence-electron chi connectivity index (χ2n) is 7.20. The van der Waals surface area contributed by atoms with Gasteiger partial charge in [0.1, 0.15) is 0 Å². The summed E-state index contributed by atoms with van der Waals surface area (Å²) in [6, 6.07) is 10.0. The predicted molar refractivity (Wildman–Crippen MR) is 125 cm³/mol. The molecule has 0 aliphatic carbocycles. The Labute approximate surface area is 201 Å². The summed E-state index contributed by atoms with van der Waals surface area (Å²) in [7, 11) is 0. The van der Waals surface area contributed by atoms with Gasteiger partial charge in [0.05, 0.1) is 79.1 Å². The Kier molecular flexibility index (Phi) is 20.0. The lowest BCUT2D eigenvalue weighted by molar-refractivity contribution is -0.138. The number of carbonyl (C=O) groups excluding carboxylic acids is 1. The maximum Gasteiger partial charge on any atom is 0.303 e. The molecule has 0 aliphatic rings. The third-order valence-corrected chi connectivity index (χ3v) is 4.33. The van der Waals surface area contributed by atoms with E-state index >= 15 is 0 Å². The van der Waals surface area contributed by atoms with Crippen LogP contribution >= 0.6 is 0 Å². The topological polar surface area (TPSA) is 122 Å². The zero-order valence-corrected chi connectivity index (χ0v) is 19.9. The summed E-state index contributed by atoms with van der Waals surface area (Å²) < 4.78 is 32.6. The number of carbonyl (C=O) groups is 2. The Balaban J connectivity index is 1.68. The van der Waals surface area contributed by atoms with Gasteiger partial charge in [-0.15, -0.1) is 0 Å². The number of carboxylic acid groups (broad SMARTS) is 1. The zero-order chi connectivity index (χ0) is 24.5. The Morgan fingerprint density at radius 1 is 0.647 bits per heavy atom. The smallest absolute Gasteiger partial charge is 0.303 e. The highest BCUT2D eigenvalue weighted by Gasteiger charge is 2.04. The van der Waals surface area contributed by atoms with Crippen molar-refractivity contribution in [1.29, 1.82) is 0 Å². The summed E-state index contributed by atoms with van der Waals surface area (Å²) in [6.45, 7) is 6.59. The van der Waals surface area contributed by atoms with Crippen molar-refractivity contribution in [1.82, 2.24) is 5.32 Å². The van der Waals surface area contributed by atoms with Crippen molar-refractivity contribution < 1.29 is 43.1 Å². The third-order valence-electron chi connectivity index (χ3n) is 4.33. The molecule has 10 nitrogen and oxygen atoms in total. The Bertz CT molecular complexity index is 616. The highest BCUT2D eigenvalue weighted by molar-refractivity contribution is 5.80. The Hall–Kier alpha value is -2.08. The van der Waals surface area contributed by atoms with Crippen LogP contribution in [0.2, 0.25) is 0 Å². The highest BCUT2D eigenvalue weighted by atomic mass is 16.6. The SMILES string of the molecule is O=C(O)CCC(=O)NCCCOCCOCCOCCOCCOCCOCc1ccccc1. The van der Waals surface area contributed by atoms with Gasteiger partial charge in [-0.3, -0.25) is 9.59 Å². The number of nitrogens with one attached hydrogen (secondary N) is 1. The number of aliphatic carboxylic acids is 1. The summed E-state index contributed by atoms with van der Waals surface area (Å²) in [5.41, 5.74) is 1.15. The molecule has 0 atom stereocenters. The third kappa shape index (κ3) is 20.5. The molecule has 0 spiro atoms. The van der Waals surface area contributed by atoms with Crippen LogP contribution in [0.1, 0.15) is 24.8 Å². The molecule has 0 heterocycles. The van der Waals surface area contributed by atoms with E-state index < -0.39 is 5.97 Å². The van der Waals surface area contributed by atoms with Gasteiger partial charge in [0.2, 0.25) is 5.91 Å². The van der Waals surface area contributed by atoms with Crippen LogP contribution in [0.25, 0.3) is 0 Å². The number of carboxylic acids is 1. The van der Waals surface area contributed by atoms with Crippen molar-refractivity contribution in [3.8, 4) is 0 Å². The Morgan fingerprint density at radius 2 is 1.12 bits per heavy atom. The molecule has 0 saturated heterocycles. The lowest BCUT2D eigenvalue weighted by Crippen LogP contribution is -2.25. The predicted octanol–water partition coefficient (Wildman–Crippen LogP) is 1.66. The molecule has 1 rings (SSSR count). The summed E-state index contributed by atoms with van der Waals surface area (Å²) in [5, 5.41) is 11.1. The van der Waals surface area contributed by atoms with E-state index in [4.69, 9.17) is 33.5 Å². The molecule has 0 fully saturated rings. The van der Waals surface area contributed by atoms with Crippen molar-refractivity contribution in [2.75, 3.05) is 79.2 Å². The second kappa shape index (κ2) is 22.7. The van der Waals surface area contributed by atoms with Crippen molar-refractivity contribution in [2.45, 2.75) is 25.9 Å². The average Bonchev–Trinajstić information content (AvgIpc) is 2.84. The lowest BCUT2D eigenvalue weighted by Gasteiger charge is -2.08. The fourth-order valence-corrected chi connectivity index (χ4v) is 2.57. The molecule has 0 radical (unpaired) electrons. The van der Waals surface area contributed by atoms with Crippen LogP contribution in [0.3, 0.4) is 0 Å². The van der Waals surface area contributed by atoms with Crippen molar-refractivity contribution in [2.24, 2.45) is 0 Å². The summed E-state index contributed by atoms with van der Waals surface area (Å²) in [5.74, 6) is -1.24. The van der Waals surface area contributed by atoms with Crippen molar-refractivity contribution >= 4 is 11.9 Å². The zero-order valence-electron chi connectivity index (χ0n) is 19.9. The molecule has 10 heteroatoms. The number of benzene rings is 1. The minimum atomic E-state index is -0.977. The van der Waals surface area contributed by atoms with E-state index in [9.17, 15) is 9.59 Å². The molecule has 1 aromatic carbocycles. The first-order valence-corrected chi connectivity index (χ1v) is 11.7. The van der Waals surface area contributed by atoms with Gasteiger partial charge < -0.3 is 38.8 Å². The lowest BCUT2D eigenvalue weighted by atomic mass is 10.2. The first-order valence-electron chi connectivity index (χ1n) is 11.7. The molecule has 0 unspecified atom stereocenters. The van der Waals surface area contributed by atoms with E-state index in [0.717, 1.165) is 5.56 Å². The van der Waals surface area contributed by atoms with Crippen molar-refractivity contribution in [3.05, 3.63) is 35.9 Å². The molecule has 0 bridgehead atoms. The van der Waals surface area contributed by atoms with E-state index in [2.05, 4.69) is 5.32 Å². The maximum absolute atomic E-state index is 11.3. The van der Waals surface area contributed by atoms with Gasteiger partial charge in [-0.2, -0.15) is 0 Å². The van der Waals surface area contributed by atoms with Gasteiger partial charge in [0.15, 0.2) is 0 Å². The largest absolute Gasteiger partial charge is 0.481 e. The number of amides is 1. The van der Waals surface area contributed by atoms with Crippen LogP contribution in [0.5, 0.6) is 0 Å². The van der Waals surface area contributed by atoms with Gasteiger partial charge in [-0.25, -0.2) is 0 Å². The van der Waals surface area contributed by atoms with E-state index in [0.29, 0.717) is 92.2 Å². The molecule has 0 aromatic heterocycles. The Morgan fingerprint density at radius 3 is 1.62 bits per heavy atom. The van der Waals surface area contributed by atoms with Crippen LogP contribution in [-0.2, 0) is 44.6 Å². The molecule has 1 aromatic rings. The van der Waals surface area contributed by atoms with Gasteiger partial charge in [-0.05, 0) is 12.0 Å². The summed E-state index contributed by atoms with van der Waals surface area (Å²) in [6.07, 6.45) is 0.505. The van der Waals surface area contributed by atoms with E-state index in [1.807, 2.05) is 30.3 Å². The summed E-state index contributed by atoms with van der Waals surface area (Å²) in [4.78, 5) is 21.7. The van der Waals surface area contributed by atoms with Crippen LogP contribution < -0.4 is 5.32 Å². The van der Waals surface area contributed by atoms with Gasteiger partial charge in [0, 0.05) is 19.6 Å². The number of rotatable bonds is 24. The first kappa shape index (κ1) is 30.0. The fourth-order valence-electron chi connectivity index (χ4n) is 2.57. The molecule has 2 N–H and O–H groups in total. The monoisotopic (exact) mass is 485 g/mol. The summed E-state index contributed by atoms with van der Waals surface area (Å²) >= 11 is 0. The van der Waals surface area contributed by atoms with Crippen LogP contribution in [-0.4, -0.2) is 96.2 Å². The van der Waals surface area contributed by atoms with E-state index in [1.165, 1.54) is 0 Å². The van der Waals surface area contributed by atoms with Crippen LogP contribution in [0, 0.1) is 0 Å². The normalized spacial score (nSPS) is 10.9. The van der Waals surface area contributed by atoms with Crippen molar-refractivity contribution in [3.63, 3.8) is 0 Å². The van der Waals surface area contributed by atoms with Gasteiger partial charge in [-0.1, -0.05) is 30.3 Å². The molecule has 1 amide bonds. The van der Waals surface area contributed by atoms with Gasteiger partial charge in [0.25, 0.3) is 0 Å². The number of ether oxygens (including phenoxy) is 6. The fraction of sp³-hybridized carbons (Fsp3) is 0.667.